The van der Waals surface area contributed by atoms with E-state index in [1.807, 2.05) is 0 Å². The van der Waals surface area contributed by atoms with Gasteiger partial charge in [-0.1, -0.05) is 33.1 Å². The maximum atomic E-state index is 11.3. The third kappa shape index (κ3) is 4.42. The van der Waals surface area contributed by atoms with Gasteiger partial charge in [-0.3, -0.25) is 0 Å². The van der Waals surface area contributed by atoms with Crippen LogP contribution in [0.15, 0.2) is 0 Å². The van der Waals surface area contributed by atoms with Crippen LogP contribution >= 0.6 is 0 Å². The number of carbonyl (C=O) groups is 1. The predicted molar refractivity (Wildman–Crippen MR) is 73.2 cm³/mol. The molecular formula is C15H29NO. The number of aldehydes is 1. The molecule has 0 bridgehead atoms. The smallest absolute Gasteiger partial charge is 0.127 e. The molecular weight excluding hydrogens is 210 g/mol. The van der Waals surface area contributed by atoms with Gasteiger partial charge in [-0.25, -0.2) is 0 Å². The average Bonchev–Trinajstić information content (AvgIpc) is 2.37. The lowest BCUT2D eigenvalue weighted by atomic mass is 9.83. The largest absolute Gasteiger partial charge is 0.305 e. The molecule has 1 fully saturated rings. The molecule has 0 saturated heterocycles. The lowest BCUT2D eigenvalue weighted by molar-refractivity contribution is -0.117. The minimum Gasteiger partial charge on any atom is -0.305 e. The predicted octanol–water partition coefficient (Wildman–Crippen LogP) is 3.50. The Labute approximate surface area is 107 Å². The van der Waals surface area contributed by atoms with Crippen molar-refractivity contribution in [3.8, 4) is 0 Å². The van der Waals surface area contributed by atoms with E-state index in [4.69, 9.17) is 0 Å². The van der Waals surface area contributed by atoms with E-state index in [1.54, 1.807) is 0 Å². The Bertz CT molecular complexity index is 217. The summed E-state index contributed by atoms with van der Waals surface area (Å²) in [5.41, 5.74) is -0.108. The number of hydrogen-bond acceptors (Lipinski definition) is 2. The number of rotatable bonds is 7. The third-order valence-corrected chi connectivity index (χ3v) is 4.54. The fraction of sp³-hybridized carbons (Fsp3) is 0.933. The summed E-state index contributed by atoms with van der Waals surface area (Å²) >= 11 is 0. The summed E-state index contributed by atoms with van der Waals surface area (Å²) in [6, 6.07) is 0. The van der Waals surface area contributed by atoms with E-state index in [9.17, 15) is 4.79 Å². The van der Waals surface area contributed by atoms with Crippen LogP contribution in [0.1, 0.15) is 58.8 Å². The zero-order chi connectivity index (χ0) is 12.7. The number of nitrogens with zero attached hydrogens (tertiary/aromatic N) is 1. The molecule has 1 saturated carbocycles. The zero-order valence-corrected chi connectivity index (χ0v) is 11.9. The fourth-order valence-corrected chi connectivity index (χ4v) is 3.09. The molecule has 0 aliphatic heterocycles. The molecule has 0 amide bonds. The van der Waals surface area contributed by atoms with Crippen molar-refractivity contribution in [3.63, 3.8) is 0 Å². The minimum absolute atomic E-state index is 0.108. The van der Waals surface area contributed by atoms with Gasteiger partial charge in [0.05, 0.1) is 0 Å². The van der Waals surface area contributed by atoms with Gasteiger partial charge in [-0.15, -0.1) is 0 Å². The fourth-order valence-electron chi connectivity index (χ4n) is 3.09. The van der Waals surface area contributed by atoms with E-state index in [2.05, 4.69) is 25.8 Å². The van der Waals surface area contributed by atoms with E-state index < -0.39 is 0 Å². The van der Waals surface area contributed by atoms with E-state index >= 15 is 0 Å². The first-order chi connectivity index (χ1) is 8.15. The van der Waals surface area contributed by atoms with Crippen molar-refractivity contribution in [2.24, 2.45) is 11.3 Å². The van der Waals surface area contributed by atoms with Crippen LogP contribution in [0.3, 0.4) is 0 Å². The van der Waals surface area contributed by atoms with Gasteiger partial charge in [0.2, 0.25) is 0 Å². The summed E-state index contributed by atoms with van der Waals surface area (Å²) in [4.78, 5) is 13.7. The summed E-state index contributed by atoms with van der Waals surface area (Å²) in [6.07, 6.45) is 10.1. The Balaban J connectivity index is 2.40. The first-order valence-electron chi connectivity index (χ1n) is 7.30. The van der Waals surface area contributed by atoms with Crippen LogP contribution in [-0.2, 0) is 4.79 Å². The molecule has 0 radical (unpaired) electrons. The number of hydrogen-bond donors (Lipinski definition) is 0. The molecule has 1 aliphatic rings. The van der Waals surface area contributed by atoms with Crippen molar-refractivity contribution in [1.82, 2.24) is 4.90 Å². The lowest BCUT2D eigenvalue weighted by Crippen LogP contribution is -2.38. The molecule has 2 heteroatoms. The molecule has 0 aromatic carbocycles. The average molecular weight is 239 g/mol. The molecule has 0 heterocycles. The molecule has 0 aromatic rings. The van der Waals surface area contributed by atoms with Crippen LogP contribution in [0.25, 0.3) is 0 Å². The highest BCUT2D eigenvalue weighted by molar-refractivity contribution is 5.59. The van der Waals surface area contributed by atoms with Crippen LogP contribution in [0.5, 0.6) is 0 Å². The highest BCUT2D eigenvalue weighted by Gasteiger charge is 2.28. The van der Waals surface area contributed by atoms with E-state index in [1.165, 1.54) is 44.9 Å². The van der Waals surface area contributed by atoms with Crippen LogP contribution in [0.2, 0.25) is 0 Å². The number of carbonyl (C=O) groups excluding carboxylic acids is 1. The van der Waals surface area contributed by atoms with Gasteiger partial charge in [0.15, 0.2) is 0 Å². The second kappa shape index (κ2) is 7.15. The molecule has 1 aliphatic carbocycles. The van der Waals surface area contributed by atoms with Gasteiger partial charge in [0, 0.05) is 18.5 Å². The molecule has 0 spiro atoms. The quantitative estimate of drug-likeness (QED) is 0.634. The maximum Gasteiger partial charge on any atom is 0.127 e. The second-order valence-corrected chi connectivity index (χ2v) is 5.89. The van der Waals surface area contributed by atoms with Gasteiger partial charge in [0.25, 0.3) is 0 Å². The first kappa shape index (κ1) is 14.7. The minimum atomic E-state index is -0.108. The molecule has 0 atom stereocenters. The van der Waals surface area contributed by atoms with E-state index in [-0.39, 0.29) is 5.41 Å². The van der Waals surface area contributed by atoms with Crippen molar-refractivity contribution >= 4 is 6.29 Å². The summed E-state index contributed by atoms with van der Waals surface area (Å²) in [6.45, 7) is 6.37. The molecule has 0 aromatic heterocycles. The molecule has 0 unspecified atom stereocenters. The van der Waals surface area contributed by atoms with Crippen LogP contribution in [0.4, 0.5) is 0 Å². The normalized spacial score (nSPS) is 18.6. The van der Waals surface area contributed by atoms with Crippen molar-refractivity contribution < 1.29 is 4.79 Å². The van der Waals surface area contributed by atoms with Crippen molar-refractivity contribution in [1.29, 1.82) is 0 Å². The Morgan fingerprint density at radius 2 is 1.76 bits per heavy atom. The van der Waals surface area contributed by atoms with E-state index in [0.29, 0.717) is 0 Å². The highest BCUT2D eigenvalue weighted by atomic mass is 16.1. The van der Waals surface area contributed by atoms with Crippen molar-refractivity contribution in [2.75, 3.05) is 20.1 Å². The monoisotopic (exact) mass is 239 g/mol. The highest BCUT2D eigenvalue weighted by Crippen LogP contribution is 2.27. The maximum absolute atomic E-state index is 11.3. The SMILES string of the molecule is CCC(C=O)(CC)CN(C)CC1CCCCC1. The molecule has 100 valence electrons. The van der Waals surface area contributed by atoms with E-state index in [0.717, 1.165) is 25.3 Å². The van der Waals surface area contributed by atoms with Gasteiger partial charge >= 0.3 is 0 Å². The van der Waals surface area contributed by atoms with Gasteiger partial charge in [-0.2, -0.15) is 0 Å². The van der Waals surface area contributed by atoms with Crippen LogP contribution in [-0.4, -0.2) is 31.3 Å². The summed E-state index contributed by atoms with van der Waals surface area (Å²) in [7, 11) is 2.18. The Hall–Kier alpha value is -0.370. The Morgan fingerprint density at radius 1 is 1.18 bits per heavy atom. The lowest BCUT2D eigenvalue weighted by Gasteiger charge is -2.33. The van der Waals surface area contributed by atoms with Gasteiger partial charge < -0.3 is 9.69 Å². The molecule has 17 heavy (non-hydrogen) atoms. The Kier molecular flexibility index (Phi) is 6.18. The van der Waals surface area contributed by atoms with Crippen molar-refractivity contribution in [3.05, 3.63) is 0 Å². The third-order valence-electron chi connectivity index (χ3n) is 4.54. The van der Waals surface area contributed by atoms with Gasteiger partial charge in [0.1, 0.15) is 6.29 Å². The molecule has 1 rings (SSSR count). The summed E-state index contributed by atoms with van der Waals surface area (Å²) < 4.78 is 0. The topological polar surface area (TPSA) is 20.3 Å². The molecule has 2 nitrogen and oxygen atoms in total. The summed E-state index contributed by atoms with van der Waals surface area (Å²) in [5.74, 6) is 0.867. The Morgan fingerprint density at radius 3 is 2.24 bits per heavy atom. The van der Waals surface area contributed by atoms with Crippen LogP contribution < -0.4 is 0 Å². The van der Waals surface area contributed by atoms with Crippen molar-refractivity contribution in [2.45, 2.75) is 58.8 Å². The zero-order valence-electron chi connectivity index (χ0n) is 11.9. The van der Waals surface area contributed by atoms with Crippen LogP contribution in [0, 0.1) is 11.3 Å². The summed E-state index contributed by atoms with van der Waals surface area (Å²) in [5, 5.41) is 0. The van der Waals surface area contributed by atoms with Gasteiger partial charge in [-0.05, 0) is 38.6 Å². The first-order valence-corrected chi connectivity index (χ1v) is 7.30. The standard InChI is InChI=1S/C15H29NO/c1-4-15(5-2,13-17)12-16(3)11-14-9-7-6-8-10-14/h13-14H,4-12H2,1-3H3. The second-order valence-electron chi connectivity index (χ2n) is 5.89. The molecule has 0 N–H and O–H groups in total.